The highest BCUT2D eigenvalue weighted by Crippen LogP contribution is 2.45. The molecule has 0 radical (unpaired) electrons. The van der Waals surface area contributed by atoms with Gasteiger partial charge in [0, 0.05) is 11.8 Å². The third-order valence-corrected chi connectivity index (χ3v) is 2.50. The van der Waals surface area contributed by atoms with Gasteiger partial charge in [-0.05, 0) is 25.0 Å². The van der Waals surface area contributed by atoms with Gasteiger partial charge in [-0.25, -0.2) is 0 Å². The van der Waals surface area contributed by atoms with E-state index in [4.69, 9.17) is 5.26 Å². The second-order valence-electron chi connectivity index (χ2n) is 3.70. The van der Waals surface area contributed by atoms with Crippen molar-refractivity contribution in [1.82, 2.24) is 0 Å². The summed E-state index contributed by atoms with van der Waals surface area (Å²) in [4.78, 5) is 11.6. The van der Waals surface area contributed by atoms with E-state index in [1.807, 2.05) is 6.07 Å². The number of carbonyl (C=O) groups excluding carboxylic acids is 1. The number of phenolic OH excluding ortho intramolecular Hbond substituents is 1. The first-order chi connectivity index (χ1) is 7.16. The largest absolute Gasteiger partial charge is 0.508 e. The lowest BCUT2D eigenvalue weighted by Gasteiger charge is -2.07. The highest BCUT2D eigenvalue weighted by Gasteiger charge is 2.50. The van der Waals surface area contributed by atoms with E-state index in [0.29, 0.717) is 18.5 Å². The summed E-state index contributed by atoms with van der Waals surface area (Å²) in [6, 6.07) is 8.29. The number of amides is 1. The third kappa shape index (κ3) is 1.77. The van der Waals surface area contributed by atoms with Gasteiger partial charge in [0.05, 0.1) is 6.07 Å². The summed E-state index contributed by atoms with van der Waals surface area (Å²) in [6.45, 7) is 0. The van der Waals surface area contributed by atoms with E-state index in [1.165, 1.54) is 12.1 Å². The van der Waals surface area contributed by atoms with Crippen LogP contribution in [0.15, 0.2) is 24.3 Å². The summed E-state index contributed by atoms with van der Waals surface area (Å²) in [7, 11) is 0. The molecule has 2 N–H and O–H groups in total. The molecule has 0 atom stereocenters. The topological polar surface area (TPSA) is 73.1 Å². The molecule has 2 rings (SSSR count). The number of hydrogen-bond acceptors (Lipinski definition) is 3. The summed E-state index contributed by atoms with van der Waals surface area (Å²) >= 11 is 0. The van der Waals surface area contributed by atoms with Crippen molar-refractivity contribution in [3.05, 3.63) is 24.3 Å². The molecule has 0 aromatic heterocycles. The van der Waals surface area contributed by atoms with Crippen molar-refractivity contribution in [1.29, 1.82) is 5.26 Å². The molecule has 1 amide bonds. The van der Waals surface area contributed by atoms with Crippen LogP contribution in [0.4, 0.5) is 5.69 Å². The van der Waals surface area contributed by atoms with E-state index in [-0.39, 0.29) is 11.7 Å². The Morgan fingerprint density at radius 2 is 2.27 bits per heavy atom. The smallest absolute Gasteiger partial charge is 0.244 e. The predicted molar refractivity (Wildman–Crippen MR) is 54.0 cm³/mol. The van der Waals surface area contributed by atoms with E-state index in [2.05, 4.69) is 5.32 Å². The van der Waals surface area contributed by atoms with Crippen LogP contribution in [0.1, 0.15) is 12.8 Å². The molecule has 1 aromatic carbocycles. The second kappa shape index (κ2) is 3.28. The number of nitrogens with one attached hydrogen (secondary N) is 1. The maximum Gasteiger partial charge on any atom is 0.244 e. The SMILES string of the molecule is N#CC1(C(=O)Nc2cccc(O)c2)CC1. The number of carbonyl (C=O) groups is 1. The van der Waals surface area contributed by atoms with Gasteiger partial charge >= 0.3 is 0 Å². The molecule has 0 unspecified atom stereocenters. The molecule has 0 bridgehead atoms. The first-order valence-electron chi connectivity index (χ1n) is 4.68. The number of benzene rings is 1. The maximum atomic E-state index is 11.6. The average molecular weight is 202 g/mol. The molecule has 1 saturated carbocycles. The Labute approximate surface area is 87.1 Å². The van der Waals surface area contributed by atoms with E-state index in [1.54, 1.807) is 12.1 Å². The molecule has 0 spiro atoms. The van der Waals surface area contributed by atoms with Gasteiger partial charge in [-0.2, -0.15) is 5.26 Å². The van der Waals surface area contributed by atoms with Crippen LogP contribution in [0.5, 0.6) is 5.75 Å². The van der Waals surface area contributed by atoms with Gasteiger partial charge in [-0.1, -0.05) is 6.07 Å². The number of phenols is 1. The van der Waals surface area contributed by atoms with Gasteiger partial charge < -0.3 is 10.4 Å². The quantitative estimate of drug-likeness (QED) is 0.765. The second-order valence-corrected chi connectivity index (χ2v) is 3.70. The van der Waals surface area contributed by atoms with Gasteiger partial charge in [0.2, 0.25) is 5.91 Å². The fourth-order valence-corrected chi connectivity index (χ4v) is 1.35. The van der Waals surface area contributed by atoms with E-state index >= 15 is 0 Å². The molecule has 0 heterocycles. The van der Waals surface area contributed by atoms with Gasteiger partial charge in [-0.15, -0.1) is 0 Å². The zero-order chi connectivity index (χ0) is 10.9. The molecule has 1 aliphatic rings. The number of rotatable bonds is 2. The van der Waals surface area contributed by atoms with Crippen LogP contribution in [0.3, 0.4) is 0 Å². The van der Waals surface area contributed by atoms with E-state index in [0.717, 1.165) is 0 Å². The fourth-order valence-electron chi connectivity index (χ4n) is 1.35. The third-order valence-electron chi connectivity index (χ3n) is 2.50. The van der Waals surface area contributed by atoms with Crippen molar-refractivity contribution in [2.24, 2.45) is 5.41 Å². The molecular weight excluding hydrogens is 192 g/mol. The number of aromatic hydroxyl groups is 1. The lowest BCUT2D eigenvalue weighted by molar-refractivity contribution is -0.119. The van der Waals surface area contributed by atoms with E-state index in [9.17, 15) is 9.90 Å². The van der Waals surface area contributed by atoms with Crippen molar-refractivity contribution in [2.75, 3.05) is 5.32 Å². The lowest BCUT2D eigenvalue weighted by atomic mass is 10.1. The van der Waals surface area contributed by atoms with Crippen LogP contribution in [-0.2, 0) is 4.79 Å². The molecule has 0 saturated heterocycles. The minimum Gasteiger partial charge on any atom is -0.508 e. The van der Waals surface area contributed by atoms with Crippen LogP contribution in [0, 0.1) is 16.7 Å². The summed E-state index contributed by atoms with van der Waals surface area (Å²) < 4.78 is 0. The number of nitrogens with zero attached hydrogens (tertiary/aromatic N) is 1. The molecule has 1 fully saturated rings. The summed E-state index contributed by atoms with van der Waals surface area (Å²) in [6.07, 6.45) is 1.24. The zero-order valence-corrected chi connectivity index (χ0v) is 8.03. The van der Waals surface area contributed by atoms with Gasteiger partial charge in [-0.3, -0.25) is 4.79 Å². The molecule has 15 heavy (non-hydrogen) atoms. The summed E-state index contributed by atoms with van der Waals surface area (Å²) in [5.41, 5.74) is -0.313. The Balaban J connectivity index is 2.10. The minimum atomic E-state index is -0.828. The first-order valence-corrected chi connectivity index (χ1v) is 4.68. The first kappa shape index (κ1) is 9.53. The van der Waals surface area contributed by atoms with Crippen molar-refractivity contribution in [3.8, 4) is 11.8 Å². The molecule has 1 aromatic rings. The summed E-state index contributed by atoms with van der Waals surface area (Å²) in [5, 5.41) is 20.6. The number of hydrogen-bond donors (Lipinski definition) is 2. The fraction of sp³-hybridized carbons (Fsp3) is 0.273. The normalized spacial score (nSPS) is 16.5. The molecule has 0 aliphatic heterocycles. The average Bonchev–Trinajstić information content (AvgIpc) is 2.98. The predicted octanol–water partition coefficient (Wildman–Crippen LogP) is 1.63. The van der Waals surface area contributed by atoms with Gasteiger partial charge in [0.25, 0.3) is 0 Å². The Kier molecular flexibility index (Phi) is 2.09. The highest BCUT2D eigenvalue weighted by atomic mass is 16.3. The Bertz CT molecular complexity index is 444. The molecule has 1 aliphatic carbocycles. The van der Waals surface area contributed by atoms with Crippen molar-refractivity contribution >= 4 is 11.6 Å². The Morgan fingerprint density at radius 1 is 1.53 bits per heavy atom. The van der Waals surface area contributed by atoms with E-state index < -0.39 is 5.41 Å². The minimum absolute atomic E-state index is 0.0922. The number of anilines is 1. The van der Waals surface area contributed by atoms with Crippen LogP contribution < -0.4 is 5.32 Å². The maximum absolute atomic E-state index is 11.6. The van der Waals surface area contributed by atoms with Gasteiger partial charge in [0.1, 0.15) is 11.2 Å². The lowest BCUT2D eigenvalue weighted by Crippen LogP contribution is -2.22. The van der Waals surface area contributed by atoms with Crippen LogP contribution in [0.2, 0.25) is 0 Å². The van der Waals surface area contributed by atoms with Crippen LogP contribution in [-0.4, -0.2) is 11.0 Å². The Hall–Kier alpha value is -2.02. The number of nitriles is 1. The van der Waals surface area contributed by atoms with Crippen molar-refractivity contribution < 1.29 is 9.90 Å². The summed E-state index contributed by atoms with van der Waals surface area (Å²) in [5.74, 6) is -0.190. The van der Waals surface area contributed by atoms with Gasteiger partial charge in [0.15, 0.2) is 0 Å². The standard InChI is InChI=1S/C11H10N2O2/c12-7-11(4-5-11)10(15)13-8-2-1-3-9(14)6-8/h1-3,6,14H,4-5H2,(H,13,15). The Morgan fingerprint density at radius 3 is 2.80 bits per heavy atom. The molecular formula is C11H10N2O2. The molecule has 4 nitrogen and oxygen atoms in total. The van der Waals surface area contributed by atoms with Crippen LogP contribution >= 0.6 is 0 Å². The zero-order valence-electron chi connectivity index (χ0n) is 8.03. The van der Waals surface area contributed by atoms with Crippen molar-refractivity contribution in [2.45, 2.75) is 12.8 Å². The van der Waals surface area contributed by atoms with Crippen LogP contribution in [0.25, 0.3) is 0 Å². The monoisotopic (exact) mass is 202 g/mol. The van der Waals surface area contributed by atoms with Crippen molar-refractivity contribution in [3.63, 3.8) is 0 Å². The molecule has 76 valence electrons. The molecule has 4 heteroatoms. The highest BCUT2D eigenvalue weighted by molar-refractivity contribution is 5.99.